The van der Waals surface area contributed by atoms with Crippen molar-refractivity contribution in [2.24, 2.45) is 0 Å². The summed E-state index contributed by atoms with van der Waals surface area (Å²) in [6.45, 7) is 3.98. The van der Waals surface area contributed by atoms with E-state index in [1.165, 1.54) is 24.3 Å². The maximum absolute atomic E-state index is 12.8. The monoisotopic (exact) mass is 256 g/mol. The second kappa shape index (κ2) is 5.96. The first-order valence-electron chi connectivity index (χ1n) is 5.85. The summed E-state index contributed by atoms with van der Waals surface area (Å²) in [6.07, 6.45) is 1.65. The van der Waals surface area contributed by atoms with Crippen molar-refractivity contribution in [3.05, 3.63) is 78.1 Å². The van der Waals surface area contributed by atoms with Gasteiger partial charge in [0.05, 0.1) is 0 Å². The number of rotatable bonds is 5. The minimum absolute atomic E-state index is 0.143. The maximum Gasteiger partial charge on any atom is 0.193 e. The lowest BCUT2D eigenvalue weighted by molar-refractivity contribution is 0.103. The number of benzene rings is 2. The van der Waals surface area contributed by atoms with Crippen LogP contribution in [0.2, 0.25) is 0 Å². The highest BCUT2D eigenvalue weighted by atomic mass is 19.1. The third-order valence-electron chi connectivity index (χ3n) is 2.59. The van der Waals surface area contributed by atoms with Gasteiger partial charge in [0, 0.05) is 11.1 Å². The molecule has 2 nitrogen and oxygen atoms in total. The van der Waals surface area contributed by atoms with Gasteiger partial charge in [0.1, 0.15) is 18.2 Å². The normalized spacial score (nSPS) is 9.95. The van der Waals surface area contributed by atoms with E-state index in [1.54, 1.807) is 30.3 Å². The van der Waals surface area contributed by atoms with Gasteiger partial charge in [-0.05, 0) is 48.5 Å². The van der Waals surface area contributed by atoms with Crippen molar-refractivity contribution in [2.75, 3.05) is 6.61 Å². The standard InChI is InChI=1S/C16H13FO2/c1-2-11-19-15-9-5-13(6-10-15)16(18)12-3-7-14(17)8-4-12/h2-10H,1,11H2. The number of ketones is 1. The van der Waals surface area contributed by atoms with Gasteiger partial charge in [-0.2, -0.15) is 0 Å². The lowest BCUT2D eigenvalue weighted by Crippen LogP contribution is -2.01. The van der Waals surface area contributed by atoms with Crippen molar-refractivity contribution >= 4 is 5.78 Å². The molecular weight excluding hydrogens is 243 g/mol. The first kappa shape index (κ1) is 13.0. The Labute approximate surface area is 111 Å². The van der Waals surface area contributed by atoms with E-state index in [2.05, 4.69) is 6.58 Å². The molecule has 0 aromatic heterocycles. The van der Waals surface area contributed by atoms with Gasteiger partial charge in [0.2, 0.25) is 0 Å². The lowest BCUT2D eigenvalue weighted by atomic mass is 10.0. The van der Waals surface area contributed by atoms with E-state index in [1.807, 2.05) is 0 Å². The van der Waals surface area contributed by atoms with E-state index >= 15 is 0 Å². The molecule has 0 saturated heterocycles. The molecule has 0 aliphatic rings. The highest BCUT2D eigenvalue weighted by Crippen LogP contribution is 2.15. The van der Waals surface area contributed by atoms with E-state index in [0.717, 1.165) is 0 Å². The molecule has 2 aromatic carbocycles. The van der Waals surface area contributed by atoms with E-state index in [0.29, 0.717) is 23.5 Å². The molecule has 19 heavy (non-hydrogen) atoms. The number of hydrogen-bond donors (Lipinski definition) is 0. The minimum atomic E-state index is -0.357. The molecule has 0 aliphatic carbocycles. The summed E-state index contributed by atoms with van der Waals surface area (Å²) < 4.78 is 18.1. The van der Waals surface area contributed by atoms with Gasteiger partial charge in [-0.25, -0.2) is 4.39 Å². The molecule has 2 rings (SSSR count). The molecule has 0 saturated carbocycles. The van der Waals surface area contributed by atoms with Gasteiger partial charge in [0.15, 0.2) is 5.78 Å². The van der Waals surface area contributed by atoms with E-state index < -0.39 is 0 Å². The molecule has 3 heteroatoms. The first-order chi connectivity index (χ1) is 9.20. The smallest absolute Gasteiger partial charge is 0.193 e. The summed E-state index contributed by atoms with van der Waals surface area (Å²) in [6, 6.07) is 12.3. The van der Waals surface area contributed by atoms with Gasteiger partial charge in [-0.1, -0.05) is 12.7 Å². The molecular formula is C16H13FO2. The third-order valence-corrected chi connectivity index (χ3v) is 2.59. The molecule has 0 radical (unpaired) electrons. The van der Waals surface area contributed by atoms with Crippen molar-refractivity contribution in [3.63, 3.8) is 0 Å². The average Bonchev–Trinajstić information content (AvgIpc) is 2.46. The molecule has 0 aliphatic heterocycles. The number of halogens is 1. The SMILES string of the molecule is C=CCOc1ccc(C(=O)c2ccc(F)cc2)cc1. The van der Waals surface area contributed by atoms with Crippen LogP contribution in [0.4, 0.5) is 4.39 Å². The highest BCUT2D eigenvalue weighted by Gasteiger charge is 2.08. The van der Waals surface area contributed by atoms with Crippen molar-refractivity contribution in [2.45, 2.75) is 0 Å². The van der Waals surface area contributed by atoms with Gasteiger partial charge in [0.25, 0.3) is 0 Å². The Morgan fingerprint density at radius 3 is 2.11 bits per heavy atom. The van der Waals surface area contributed by atoms with Crippen LogP contribution in [0.3, 0.4) is 0 Å². The fourth-order valence-electron chi connectivity index (χ4n) is 1.63. The molecule has 2 aromatic rings. The average molecular weight is 256 g/mol. The molecule has 0 unspecified atom stereocenters. The highest BCUT2D eigenvalue weighted by molar-refractivity contribution is 6.08. The molecule has 0 heterocycles. The van der Waals surface area contributed by atoms with Crippen LogP contribution in [-0.4, -0.2) is 12.4 Å². The Morgan fingerprint density at radius 2 is 1.58 bits per heavy atom. The van der Waals surface area contributed by atoms with E-state index in [-0.39, 0.29) is 11.6 Å². The summed E-state index contributed by atoms with van der Waals surface area (Å²) in [5, 5.41) is 0. The fourth-order valence-corrected chi connectivity index (χ4v) is 1.63. The van der Waals surface area contributed by atoms with Crippen LogP contribution < -0.4 is 4.74 Å². The van der Waals surface area contributed by atoms with Crippen LogP contribution in [0, 0.1) is 5.82 Å². The Morgan fingerprint density at radius 1 is 1.05 bits per heavy atom. The zero-order valence-electron chi connectivity index (χ0n) is 10.3. The van der Waals surface area contributed by atoms with Crippen molar-refractivity contribution in [3.8, 4) is 5.75 Å². The molecule has 0 bridgehead atoms. The zero-order chi connectivity index (χ0) is 13.7. The van der Waals surface area contributed by atoms with Crippen molar-refractivity contribution < 1.29 is 13.9 Å². The molecule has 0 spiro atoms. The van der Waals surface area contributed by atoms with Crippen LogP contribution in [-0.2, 0) is 0 Å². The largest absolute Gasteiger partial charge is 0.490 e. The Kier molecular flexibility index (Phi) is 4.08. The van der Waals surface area contributed by atoms with Gasteiger partial charge >= 0.3 is 0 Å². The van der Waals surface area contributed by atoms with Crippen LogP contribution in [0.25, 0.3) is 0 Å². The zero-order valence-corrected chi connectivity index (χ0v) is 10.3. The summed E-state index contributed by atoms with van der Waals surface area (Å²) in [5.74, 6) is 0.176. The van der Waals surface area contributed by atoms with Crippen molar-refractivity contribution in [1.82, 2.24) is 0 Å². The summed E-state index contributed by atoms with van der Waals surface area (Å²) in [7, 11) is 0. The topological polar surface area (TPSA) is 26.3 Å². The second-order valence-corrected chi connectivity index (χ2v) is 3.96. The number of hydrogen-bond acceptors (Lipinski definition) is 2. The second-order valence-electron chi connectivity index (χ2n) is 3.96. The minimum Gasteiger partial charge on any atom is -0.490 e. The van der Waals surface area contributed by atoms with Crippen LogP contribution >= 0.6 is 0 Å². The van der Waals surface area contributed by atoms with Gasteiger partial charge in [-0.3, -0.25) is 4.79 Å². The Bertz CT molecular complexity index is 571. The molecule has 96 valence electrons. The lowest BCUT2D eigenvalue weighted by Gasteiger charge is -2.05. The number of carbonyl (C=O) groups excluding carboxylic acids is 1. The van der Waals surface area contributed by atoms with E-state index in [4.69, 9.17) is 4.74 Å². The molecule has 0 fully saturated rings. The number of carbonyl (C=O) groups is 1. The quantitative estimate of drug-likeness (QED) is 0.603. The molecule has 0 atom stereocenters. The molecule has 0 N–H and O–H groups in total. The van der Waals surface area contributed by atoms with Gasteiger partial charge < -0.3 is 4.74 Å². The predicted molar refractivity (Wildman–Crippen MR) is 72.0 cm³/mol. The number of ether oxygens (including phenoxy) is 1. The van der Waals surface area contributed by atoms with Crippen LogP contribution in [0.1, 0.15) is 15.9 Å². The van der Waals surface area contributed by atoms with Crippen molar-refractivity contribution in [1.29, 1.82) is 0 Å². The van der Waals surface area contributed by atoms with Crippen LogP contribution in [0.15, 0.2) is 61.2 Å². The summed E-state index contributed by atoms with van der Waals surface area (Å²) in [4.78, 5) is 12.1. The molecule has 0 amide bonds. The predicted octanol–water partition coefficient (Wildman–Crippen LogP) is 3.62. The first-order valence-corrected chi connectivity index (χ1v) is 5.85. The van der Waals surface area contributed by atoms with Crippen LogP contribution in [0.5, 0.6) is 5.75 Å². The Balaban J connectivity index is 2.15. The maximum atomic E-state index is 12.8. The third kappa shape index (κ3) is 3.28. The Hall–Kier alpha value is -2.42. The van der Waals surface area contributed by atoms with E-state index in [9.17, 15) is 9.18 Å². The fraction of sp³-hybridized carbons (Fsp3) is 0.0625. The summed E-state index contributed by atoms with van der Waals surface area (Å²) >= 11 is 0. The summed E-state index contributed by atoms with van der Waals surface area (Å²) in [5.41, 5.74) is 0.999. The van der Waals surface area contributed by atoms with Gasteiger partial charge in [-0.15, -0.1) is 0 Å².